The fourth-order valence-electron chi connectivity index (χ4n) is 1.97. The van der Waals surface area contributed by atoms with Gasteiger partial charge in [-0.05, 0) is 24.8 Å². The Kier molecular flexibility index (Phi) is 6.36. The molecular weight excluding hydrogens is 272 g/mol. The number of nitrogens with zero attached hydrogens (tertiary/aromatic N) is 2. The first kappa shape index (κ1) is 17.2. The minimum atomic E-state index is -1.06. The molecule has 0 unspecified atom stereocenters. The molecule has 0 radical (unpaired) electrons. The van der Waals surface area contributed by atoms with Gasteiger partial charge in [0, 0.05) is 25.7 Å². The maximum atomic E-state index is 11.7. The van der Waals surface area contributed by atoms with Crippen LogP contribution in [0.1, 0.15) is 43.6 Å². The van der Waals surface area contributed by atoms with Crippen LogP contribution in [0, 0.1) is 5.41 Å². The first-order valence-corrected chi connectivity index (χ1v) is 7.06. The van der Waals surface area contributed by atoms with Crippen LogP contribution in [-0.4, -0.2) is 39.6 Å². The van der Waals surface area contributed by atoms with Crippen molar-refractivity contribution < 1.29 is 14.7 Å². The zero-order valence-corrected chi connectivity index (χ0v) is 12.6. The Bertz CT molecular complexity index is 482. The van der Waals surface area contributed by atoms with Crippen molar-refractivity contribution in [3.63, 3.8) is 0 Å². The molecule has 1 aromatic rings. The van der Waals surface area contributed by atoms with E-state index in [0.29, 0.717) is 26.1 Å². The number of carbonyl (C=O) groups is 2. The molecule has 118 valence electrons. The van der Waals surface area contributed by atoms with E-state index in [-0.39, 0.29) is 17.0 Å². The van der Waals surface area contributed by atoms with Gasteiger partial charge in [-0.15, -0.1) is 0 Å². The van der Waals surface area contributed by atoms with Crippen LogP contribution >= 0.6 is 0 Å². The molecule has 1 heterocycles. The number of hydrogen-bond donors (Lipinski definition) is 3. The second-order valence-electron chi connectivity index (χ2n) is 5.85. The number of rotatable bonds is 9. The van der Waals surface area contributed by atoms with Crippen LogP contribution in [0.4, 0.5) is 0 Å². The number of imidazole rings is 1. The van der Waals surface area contributed by atoms with Gasteiger partial charge in [-0.2, -0.15) is 0 Å². The molecule has 7 nitrogen and oxygen atoms in total. The Morgan fingerprint density at radius 1 is 1.43 bits per heavy atom. The first-order chi connectivity index (χ1) is 9.84. The van der Waals surface area contributed by atoms with E-state index in [4.69, 9.17) is 10.8 Å². The third-order valence-corrected chi connectivity index (χ3v) is 3.39. The van der Waals surface area contributed by atoms with Gasteiger partial charge in [0.05, 0.1) is 6.33 Å². The van der Waals surface area contributed by atoms with Crippen molar-refractivity contribution in [3.8, 4) is 0 Å². The molecule has 0 aliphatic carbocycles. The van der Waals surface area contributed by atoms with E-state index in [1.165, 1.54) is 12.5 Å². The minimum Gasteiger partial charge on any atom is -0.476 e. The molecular formula is C14H24N4O3. The fraction of sp³-hybridized carbons (Fsp3) is 0.643. The topological polar surface area (TPSA) is 110 Å². The van der Waals surface area contributed by atoms with Crippen LogP contribution in [0.2, 0.25) is 0 Å². The van der Waals surface area contributed by atoms with Crippen molar-refractivity contribution in [2.75, 3.05) is 13.1 Å². The van der Waals surface area contributed by atoms with Crippen LogP contribution in [0.15, 0.2) is 12.5 Å². The lowest BCUT2D eigenvalue weighted by atomic mass is 9.84. The maximum Gasteiger partial charge on any atom is 0.356 e. The summed E-state index contributed by atoms with van der Waals surface area (Å²) in [7, 11) is 0. The van der Waals surface area contributed by atoms with Crippen molar-refractivity contribution in [2.45, 2.75) is 39.7 Å². The summed E-state index contributed by atoms with van der Waals surface area (Å²) in [6.45, 7) is 5.78. The third-order valence-electron chi connectivity index (χ3n) is 3.39. The van der Waals surface area contributed by atoms with Crippen molar-refractivity contribution in [1.29, 1.82) is 0 Å². The SMILES string of the molecule is CC(C)(CCN)CCC(=O)NCCn1cnc(C(=O)O)c1. The highest BCUT2D eigenvalue weighted by molar-refractivity contribution is 5.84. The molecule has 1 aromatic heterocycles. The number of nitrogens with two attached hydrogens (primary N) is 1. The number of carbonyl (C=O) groups excluding carboxylic acids is 1. The number of nitrogens with one attached hydrogen (secondary N) is 1. The van der Waals surface area contributed by atoms with Gasteiger partial charge in [0.1, 0.15) is 0 Å². The molecule has 21 heavy (non-hydrogen) atoms. The Morgan fingerprint density at radius 2 is 2.14 bits per heavy atom. The molecule has 0 atom stereocenters. The molecule has 0 fully saturated rings. The van der Waals surface area contributed by atoms with Crippen molar-refractivity contribution in [3.05, 3.63) is 18.2 Å². The summed E-state index contributed by atoms with van der Waals surface area (Å²) < 4.78 is 1.64. The van der Waals surface area contributed by atoms with Gasteiger partial charge >= 0.3 is 5.97 Å². The van der Waals surface area contributed by atoms with Crippen LogP contribution in [-0.2, 0) is 11.3 Å². The van der Waals surface area contributed by atoms with E-state index in [1.807, 2.05) is 0 Å². The standard InChI is InChI=1S/C14H24N4O3/c1-14(2,5-6-15)4-3-12(19)16-7-8-18-9-11(13(20)21)17-10-18/h9-10H,3-8,15H2,1-2H3,(H,16,19)(H,20,21). The van der Waals surface area contributed by atoms with E-state index in [9.17, 15) is 9.59 Å². The van der Waals surface area contributed by atoms with E-state index < -0.39 is 5.97 Å². The van der Waals surface area contributed by atoms with Gasteiger partial charge in [-0.1, -0.05) is 13.8 Å². The number of carboxylic acids is 1. The molecule has 0 spiro atoms. The number of aromatic nitrogens is 2. The predicted molar refractivity (Wildman–Crippen MR) is 78.9 cm³/mol. The summed E-state index contributed by atoms with van der Waals surface area (Å²) in [4.78, 5) is 26.2. The highest BCUT2D eigenvalue weighted by atomic mass is 16.4. The molecule has 7 heteroatoms. The van der Waals surface area contributed by atoms with Crippen LogP contribution in [0.3, 0.4) is 0 Å². The maximum absolute atomic E-state index is 11.7. The van der Waals surface area contributed by atoms with E-state index in [2.05, 4.69) is 24.1 Å². The minimum absolute atomic E-state index is 0.00123. The molecule has 1 rings (SSSR count). The van der Waals surface area contributed by atoms with Crippen molar-refractivity contribution in [2.24, 2.45) is 11.1 Å². The zero-order chi connectivity index (χ0) is 15.9. The normalized spacial score (nSPS) is 11.4. The molecule has 0 saturated carbocycles. The molecule has 0 aromatic carbocycles. The van der Waals surface area contributed by atoms with Gasteiger partial charge < -0.3 is 20.7 Å². The molecule has 0 saturated heterocycles. The average Bonchev–Trinajstić information content (AvgIpc) is 2.85. The molecule has 0 aliphatic heterocycles. The summed E-state index contributed by atoms with van der Waals surface area (Å²) in [6, 6.07) is 0. The Balaban J connectivity index is 2.25. The van der Waals surface area contributed by atoms with Gasteiger partial charge in [-0.25, -0.2) is 9.78 Å². The Labute approximate surface area is 124 Å². The molecule has 4 N–H and O–H groups in total. The second-order valence-corrected chi connectivity index (χ2v) is 5.85. The Hall–Kier alpha value is -1.89. The zero-order valence-electron chi connectivity index (χ0n) is 12.6. The lowest BCUT2D eigenvalue weighted by Gasteiger charge is -2.23. The highest BCUT2D eigenvalue weighted by Gasteiger charge is 2.18. The van der Waals surface area contributed by atoms with Crippen LogP contribution in [0.5, 0.6) is 0 Å². The smallest absolute Gasteiger partial charge is 0.356 e. The van der Waals surface area contributed by atoms with E-state index >= 15 is 0 Å². The molecule has 0 aliphatic rings. The van der Waals surface area contributed by atoms with Gasteiger partial charge in [0.25, 0.3) is 0 Å². The summed E-state index contributed by atoms with van der Waals surface area (Å²) in [5, 5.41) is 11.6. The Morgan fingerprint density at radius 3 is 2.71 bits per heavy atom. The van der Waals surface area contributed by atoms with Crippen LogP contribution in [0.25, 0.3) is 0 Å². The number of carboxylic acid groups (broad SMARTS) is 1. The monoisotopic (exact) mass is 296 g/mol. The predicted octanol–water partition coefficient (Wildman–Crippen LogP) is 0.853. The third kappa shape index (κ3) is 6.40. The number of aromatic carboxylic acids is 1. The molecule has 0 bridgehead atoms. The van der Waals surface area contributed by atoms with Crippen molar-refractivity contribution >= 4 is 11.9 Å². The second kappa shape index (κ2) is 7.78. The fourth-order valence-corrected chi connectivity index (χ4v) is 1.97. The quantitative estimate of drug-likeness (QED) is 0.626. The molecule has 1 amide bonds. The first-order valence-electron chi connectivity index (χ1n) is 7.06. The van der Waals surface area contributed by atoms with Crippen LogP contribution < -0.4 is 11.1 Å². The van der Waals surface area contributed by atoms with Gasteiger partial charge in [0.2, 0.25) is 5.91 Å². The number of hydrogen-bond acceptors (Lipinski definition) is 4. The lowest BCUT2D eigenvalue weighted by Crippen LogP contribution is -2.28. The van der Waals surface area contributed by atoms with E-state index in [0.717, 1.165) is 12.8 Å². The number of amides is 1. The average molecular weight is 296 g/mol. The highest BCUT2D eigenvalue weighted by Crippen LogP contribution is 2.25. The van der Waals surface area contributed by atoms with Crippen molar-refractivity contribution in [1.82, 2.24) is 14.9 Å². The van der Waals surface area contributed by atoms with Gasteiger partial charge in [-0.3, -0.25) is 4.79 Å². The summed E-state index contributed by atoms with van der Waals surface area (Å²) in [5.74, 6) is -1.06. The summed E-state index contributed by atoms with van der Waals surface area (Å²) >= 11 is 0. The lowest BCUT2D eigenvalue weighted by molar-refractivity contribution is -0.121. The van der Waals surface area contributed by atoms with Gasteiger partial charge in [0.15, 0.2) is 5.69 Å². The largest absolute Gasteiger partial charge is 0.476 e. The summed E-state index contributed by atoms with van der Waals surface area (Å²) in [6.07, 6.45) is 5.05. The summed E-state index contributed by atoms with van der Waals surface area (Å²) in [5.41, 5.74) is 5.62. The van der Waals surface area contributed by atoms with E-state index in [1.54, 1.807) is 4.57 Å².